The van der Waals surface area contributed by atoms with Crippen LogP contribution in [0.3, 0.4) is 0 Å². The number of halogens is 3. The molecule has 0 aliphatic carbocycles. The Bertz CT molecular complexity index is 664. The maximum absolute atomic E-state index is 13.0. The Morgan fingerprint density at radius 2 is 2.12 bits per heavy atom. The molecule has 1 N–H and O–H groups in total. The molecular weight excluding hydrogens is 337 g/mol. The van der Waals surface area contributed by atoms with Gasteiger partial charge in [-0.05, 0) is 12.3 Å². The minimum absolute atomic E-state index is 0.0331. The number of rotatable bonds is 3. The molecule has 1 aromatic rings. The van der Waals surface area contributed by atoms with E-state index in [-0.39, 0.29) is 30.7 Å². The zero-order valence-corrected chi connectivity index (χ0v) is 14.2. The number of ether oxygens (including phenoxy) is 1. The third kappa shape index (κ3) is 3.86. The van der Waals surface area contributed by atoms with Crippen molar-refractivity contribution in [2.75, 3.05) is 31.1 Å². The molecule has 1 unspecified atom stereocenters. The van der Waals surface area contributed by atoms with E-state index < -0.39 is 12.3 Å². The predicted molar refractivity (Wildman–Crippen MR) is 84.6 cm³/mol. The number of aromatic nitrogens is 2. The van der Waals surface area contributed by atoms with Crippen molar-refractivity contribution in [3.63, 3.8) is 0 Å². The number of carbonyl (C=O) groups excluding carboxylic acids is 1. The maximum atomic E-state index is 13.0. The molecule has 0 bridgehead atoms. The number of morpholine rings is 1. The van der Waals surface area contributed by atoms with E-state index in [1.54, 1.807) is 4.90 Å². The molecule has 1 atom stereocenters. The quantitative estimate of drug-likeness (QED) is 0.891. The van der Waals surface area contributed by atoms with Crippen molar-refractivity contribution in [3.8, 4) is 0 Å². The van der Waals surface area contributed by atoms with Crippen LogP contribution in [0.15, 0.2) is 0 Å². The second kappa shape index (κ2) is 6.78. The first-order valence-corrected chi connectivity index (χ1v) is 8.37. The number of amides is 1. The van der Waals surface area contributed by atoms with Gasteiger partial charge in [-0.1, -0.05) is 13.8 Å². The van der Waals surface area contributed by atoms with Crippen LogP contribution >= 0.6 is 0 Å². The third-order valence-electron chi connectivity index (χ3n) is 4.23. The van der Waals surface area contributed by atoms with Crippen LogP contribution < -0.4 is 10.2 Å². The van der Waals surface area contributed by atoms with Crippen LogP contribution in [0, 0.1) is 5.92 Å². The molecule has 9 heteroatoms. The standard InChI is InChI=1S/C16H21F3N4O2/c1-9(2)7-12-21-13-10(3-4-20-15(13)24)14(22-12)23-5-6-25-11(8-23)16(17,18)19/h9,11H,3-8H2,1-2H3,(H,20,24). The average Bonchev–Trinajstić information content (AvgIpc) is 2.54. The van der Waals surface area contributed by atoms with E-state index >= 15 is 0 Å². The summed E-state index contributed by atoms with van der Waals surface area (Å²) in [6.45, 7) is 4.37. The number of alkyl halides is 3. The number of fused-ring (bicyclic) bond motifs is 1. The first-order chi connectivity index (χ1) is 11.8. The van der Waals surface area contributed by atoms with E-state index in [0.717, 1.165) is 0 Å². The molecule has 6 nitrogen and oxygen atoms in total. The third-order valence-corrected chi connectivity index (χ3v) is 4.23. The van der Waals surface area contributed by atoms with E-state index in [0.29, 0.717) is 43.1 Å². The highest BCUT2D eigenvalue weighted by molar-refractivity contribution is 5.96. The minimum Gasteiger partial charge on any atom is -0.365 e. The summed E-state index contributed by atoms with van der Waals surface area (Å²) >= 11 is 0. The zero-order chi connectivity index (χ0) is 18.2. The smallest absolute Gasteiger partial charge is 0.365 e. The number of carbonyl (C=O) groups is 1. The van der Waals surface area contributed by atoms with Crippen molar-refractivity contribution in [2.45, 2.75) is 39.0 Å². The Hall–Kier alpha value is -1.90. The summed E-state index contributed by atoms with van der Waals surface area (Å²) in [6.07, 6.45) is -5.21. The molecule has 0 spiro atoms. The highest BCUT2D eigenvalue weighted by Gasteiger charge is 2.44. The number of nitrogens with zero attached hydrogens (tertiary/aromatic N) is 3. The van der Waals surface area contributed by atoms with Crippen molar-refractivity contribution in [3.05, 3.63) is 17.1 Å². The Morgan fingerprint density at radius 1 is 1.36 bits per heavy atom. The van der Waals surface area contributed by atoms with Gasteiger partial charge in [-0.15, -0.1) is 0 Å². The van der Waals surface area contributed by atoms with Crippen molar-refractivity contribution < 1.29 is 22.7 Å². The van der Waals surface area contributed by atoms with E-state index in [1.165, 1.54) is 0 Å². The number of nitrogens with one attached hydrogen (secondary N) is 1. The Morgan fingerprint density at radius 3 is 2.80 bits per heavy atom. The summed E-state index contributed by atoms with van der Waals surface area (Å²) in [6, 6.07) is 0. The Labute approximate surface area is 143 Å². The van der Waals surface area contributed by atoms with E-state index in [1.807, 2.05) is 13.8 Å². The first kappa shape index (κ1) is 17.9. The SMILES string of the molecule is CC(C)Cc1nc2c(c(N3CCOC(C(F)(F)F)C3)n1)CCNC2=O. The van der Waals surface area contributed by atoms with Gasteiger partial charge in [-0.25, -0.2) is 9.97 Å². The molecule has 1 fully saturated rings. The van der Waals surface area contributed by atoms with E-state index in [9.17, 15) is 18.0 Å². The molecule has 1 amide bonds. The molecule has 0 saturated carbocycles. The minimum atomic E-state index is -4.43. The average molecular weight is 358 g/mol. The molecule has 2 aliphatic rings. The van der Waals surface area contributed by atoms with Gasteiger partial charge in [0.25, 0.3) is 5.91 Å². The van der Waals surface area contributed by atoms with Gasteiger partial charge < -0.3 is 15.0 Å². The summed E-state index contributed by atoms with van der Waals surface area (Å²) in [7, 11) is 0. The zero-order valence-electron chi connectivity index (χ0n) is 14.2. The number of hydrogen-bond acceptors (Lipinski definition) is 5. The lowest BCUT2D eigenvalue weighted by Crippen LogP contribution is -2.50. The summed E-state index contributed by atoms with van der Waals surface area (Å²) in [5.41, 5.74) is 0.904. The largest absolute Gasteiger partial charge is 0.416 e. The van der Waals surface area contributed by atoms with Gasteiger partial charge in [0.2, 0.25) is 0 Å². The van der Waals surface area contributed by atoms with Gasteiger partial charge in [0.15, 0.2) is 6.10 Å². The van der Waals surface area contributed by atoms with Crippen molar-refractivity contribution in [1.82, 2.24) is 15.3 Å². The highest BCUT2D eigenvalue weighted by Crippen LogP contribution is 2.30. The molecule has 25 heavy (non-hydrogen) atoms. The molecule has 0 aromatic carbocycles. The Kier molecular flexibility index (Phi) is 4.86. The van der Waals surface area contributed by atoms with Crippen LogP contribution in [-0.2, 0) is 17.6 Å². The van der Waals surface area contributed by atoms with Gasteiger partial charge in [-0.3, -0.25) is 4.79 Å². The molecular formula is C16H21F3N4O2. The summed E-state index contributed by atoms with van der Waals surface area (Å²) < 4.78 is 44.0. The molecule has 1 saturated heterocycles. The molecule has 1 aromatic heterocycles. The lowest BCUT2D eigenvalue weighted by molar-refractivity contribution is -0.221. The second-order valence-electron chi connectivity index (χ2n) is 6.74. The molecule has 3 rings (SSSR count). The van der Waals surface area contributed by atoms with Crippen molar-refractivity contribution in [2.24, 2.45) is 5.92 Å². The van der Waals surface area contributed by atoms with Gasteiger partial charge >= 0.3 is 6.18 Å². The predicted octanol–water partition coefficient (Wildman–Crippen LogP) is 1.73. The molecule has 2 aliphatic heterocycles. The first-order valence-electron chi connectivity index (χ1n) is 8.37. The van der Waals surface area contributed by atoms with E-state index in [2.05, 4.69) is 15.3 Å². The Balaban J connectivity index is 1.99. The number of hydrogen-bond donors (Lipinski definition) is 1. The van der Waals surface area contributed by atoms with Gasteiger partial charge in [0.1, 0.15) is 17.3 Å². The summed E-state index contributed by atoms with van der Waals surface area (Å²) in [4.78, 5) is 22.6. The lowest BCUT2D eigenvalue weighted by atomic mass is 10.0. The van der Waals surface area contributed by atoms with E-state index in [4.69, 9.17) is 4.74 Å². The summed E-state index contributed by atoms with van der Waals surface area (Å²) in [5, 5.41) is 2.73. The van der Waals surface area contributed by atoms with Gasteiger partial charge in [-0.2, -0.15) is 13.2 Å². The number of anilines is 1. The fraction of sp³-hybridized carbons (Fsp3) is 0.688. The monoisotopic (exact) mass is 358 g/mol. The fourth-order valence-corrected chi connectivity index (χ4v) is 3.08. The molecule has 0 radical (unpaired) electrons. The molecule has 3 heterocycles. The van der Waals surface area contributed by atoms with Crippen LogP contribution in [0.1, 0.15) is 35.7 Å². The highest BCUT2D eigenvalue weighted by atomic mass is 19.4. The van der Waals surface area contributed by atoms with Crippen LogP contribution in [0.2, 0.25) is 0 Å². The fourth-order valence-electron chi connectivity index (χ4n) is 3.08. The van der Waals surface area contributed by atoms with Gasteiger partial charge in [0.05, 0.1) is 13.2 Å². The topological polar surface area (TPSA) is 67.3 Å². The molecule has 138 valence electrons. The maximum Gasteiger partial charge on any atom is 0.416 e. The normalized spacial score (nSPS) is 21.3. The van der Waals surface area contributed by atoms with Crippen LogP contribution in [0.4, 0.5) is 19.0 Å². The second-order valence-corrected chi connectivity index (χ2v) is 6.74. The lowest BCUT2D eigenvalue weighted by Gasteiger charge is -2.36. The van der Waals surface area contributed by atoms with Crippen LogP contribution in [0.25, 0.3) is 0 Å². The van der Waals surface area contributed by atoms with Crippen molar-refractivity contribution in [1.29, 1.82) is 0 Å². The van der Waals surface area contributed by atoms with Crippen LogP contribution in [0.5, 0.6) is 0 Å². The van der Waals surface area contributed by atoms with Gasteiger partial charge in [0, 0.05) is 25.1 Å². The van der Waals surface area contributed by atoms with Crippen molar-refractivity contribution >= 4 is 11.7 Å². The van der Waals surface area contributed by atoms with Crippen LogP contribution in [-0.4, -0.2) is 54.4 Å². The summed E-state index contributed by atoms with van der Waals surface area (Å²) in [5.74, 6) is 0.893.